The number of imidazole rings is 1. The lowest BCUT2D eigenvalue weighted by molar-refractivity contribution is -0.0793. The minimum Gasteiger partial charge on any atom is -0.489 e. The van der Waals surface area contributed by atoms with Gasteiger partial charge >= 0.3 is 0 Å². The van der Waals surface area contributed by atoms with Crippen molar-refractivity contribution in [2.45, 2.75) is 30.9 Å². The summed E-state index contributed by atoms with van der Waals surface area (Å²) < 4.78 is 6.67. The Bertz CT molecular complexity index is 2420. The minimum absolute atomic E-state index is 0.525. The summed E-state index contributed by atoms with van der Waals surface area (Å²) >= 11 is 0. The van der Waals surface area contributed by atoms with Gasteiger partial charge in [0.2, 0.25) is 0 Å². The van der Waals surface area contributed by atoms with Gasteiger partial charge in [0.1, 0.15) is 17.4 Å². The molecule has 8 heterocycles. The summed E-state index contributed by atoms with van der Waals surface area (Å²) in [6.45, 7) is 4.90. The summed E-state index contributed by atoms with van der Waals surface area (Å²) in [7, 11) is 0. The van der Waals surface area contributed by atoms with Crippen molar-refractivity contribution in [3.63, 3.8) is 0 Å². The summed E-state index contributed by atoms with van der Waals surface area (Å²) in [5.74, 6) is 1.58. The van der Waals surface area contributed by atoms with Gasteiger partial charge in [-0.1, -0.05) is 48.5 Å². The molecule has 0 bridgehead atoms. The second-order valence-corrected chi connectivity index (χ2v) is 14.0. The molecule has 4 aliphatic rings. The van der Waals surface area contributed by atoms with E-state index < -0.39 is 11.6 Å². The number of benzene rings is 2. The van der Waals surface area contributed by atoms with E-state index in [1.54, 1.807) is 25.0 Å². The molecule has 4 aliphatic heterocycles. The van der Waals surface area contributed by atoms with Crippen LogP contribution in [0.15, 0.2) is 122 Å². The molecule has 13 heteroatoms. The summed E-state index contributed by atoms with van der Waals surface area (Å²) in [4.78, 5) is 30.5. The first-order valence-corrected chi connectivity index (χ1v) is 18.7. The molecule has 0 spiro atoms. The normalized spacial score (nSPS) is 22.4. The van der Waals surface area contributed by atoms with E-state index in [4.69, 9.17) is 24.7 Å². The van der Waals surface area contributed by atoms with Crippen LogP contribution in [0, 0.1) is 0 Å². The Morgan fingerprint density at radius 3 is 2.54 bits per heavy atom. The van der Waals surface area contributed by atoms with Crippen LogP contribution in [0.4, 0.5) is 0 Å². The average molecular weight is 717 g/mol. The lowest BCUT2D eigenvalue weighted by atomic mass is 9.69. The summed E-state index contributed by atoms with van der Waals surface area (Å²) in [6, 6.07) is 17.3. The molecule has 6 aromatic rings. The molecule has 0 aliphatic carbocycles. The lowest BCUT2D eigenvalue weighted by Gasteiger charge is -2.58. The van der Waals surface area contributed by atoms with Crippen LogP contribution in [0.1, 0.15) is 42.0 Å². The molecule has 10 rings (SSSR count). The summed E-state index contributed by atoms with van der Waals surface area (Å²) in [5, 5.41) is 19.1. The number of piperidine rings is 1. The zero-order valence-corrected chi connectivity index (χ0v) is 29.8. The van der Waals surface area contributed by atoms with Gasteiger partial charge < -0.3 is 19.9 Å². The molecule has 13 nitrogen and oxygen atoms in total. The summed E-state index contributed by atoms with van der Waals surface area (Å²) in [5.41, 5.74) is 5.66. The number of nitrogens with one attached hydrogen (secondary N) is 3. The van der Waals surface area contributed by atoms with Gasteiger partial charge in [0, 0.05) is 69.0 Å². The molecule has 2 unspecified atom stereocenters. The van der Waals surface area contributed by atoms with E-state index in [9.17, 15) is 0 Å². The smallest absolute Gasteiger partial charge is 0.181 e. The number of piperazine rings is 1. The molecule has 3 N–H and O–H groups in total. The second-order valence-electron chi connectivity index (χ2n) is 14.0. The SMILES string of the molecule is C1=COC(C2=C(c3cnccn3)C(c3ccn[nH]3)(c3cccc4ccccc34)N(N3CCNCC3)C(N3CCCCC3)=C2c2ncc3[nH]cnc3n2)C=C1. The highest BCUT2D eigenvalue weighted by Crippen LogP contribution is 2.58. The Balaban J connectivity index is 1.44. The minimum atomic E-state index is -1.06. The maximum atomic E-state index is 6.67. The molecular weight excluding hydrogens is 677 g/mol. The zero-order chi connectivity index (χ0) is 35.9. The highest BCUT2D eigenvalue weighted by molar-refractivity contribution is 6.00. The Morgan fingerprint density at radius 1 is 0.833 bits per heavy atom. The van der Waals surface area contributed by atoms with Crippen LogP contribution in [-0.2, 0) is 10.3 Å². The highest BCUT2D eigenvalue weighted by Gasteiger charge is 2.57. The largest absolute Gasteiger partial charge is 0.489 e. The predicted octanol–water partition coefficient (Wildman–Crippen LogP) is 5.18. The molecular formula is C41H40N12O. The van der Waals surface area contributed by atoms with Crippen molar-refractivity contribution in [1.82, 2.24) is 60.3 Å². The van der Waals surface area contributed by atoms with E-state index >= 15 is 0 Å². The molecule has 0 saturated carbocycles. The molecule has 2 saturated heterocycles. The maximum absolute atomic E-state index is 6.67. The third kappa shape index (κ3) is 5.22. The molecule has 4 aromatic heterocycles. The second kappa shape index (κ2) is 13.7. The van der Waals surface area contributed by atoms with Gasteiger partial charge in [-0.15, -0.1) is 0 Å². The first-order valence-electron chi connectivity index (χ1n) is 18.7. The standard InChI is InChI=1S/C41H40N12O/c1-5-20-51(21-6-1)40-36(39-45-26-32-38(49-39)47-27-46-32)35(33-13-4-7-24-54-33)37(31-25-43-16-17-44-31)41(34-14-15-48-50-34,53(40)52-22-18-42-19-23-52)30-12-8-10-28-9-2-3-11-29(28)30/h2-4,7-17,24-27,33,42H,1,5-6,18-23H2,(H,48,50)(H,45,46,47,49). The van der Waals surface area contributed by atoms with Crippen molar-refractivity contribution < 1.29 is 4.74 Å². The van der Waals surface area contributed by atoms with Crippen LogP contribution in [-0.4, -0.2) is 100 Å². The van der Waals surface area contributed by atoms with Gasteiger partial charge in [0.25, 0.3) is 0 Å². The highest BCUT2D eigenvalue weighted by atomic mass is 16.5. The molecule has 2 atom stereocenters. The molecule has 0 radical (unpaired) electrons. The van der Waals surface area contributed by atoms with Crippen molar-refractivity contribution >= 4 is 33.1 Å². The fourth-order valence-corrected chi connectivity index (χ4v) is 8.71. The van der Waals surface area contributed by atoms with Crippen molar-refractivity contribution in [2.75, 3.05) is 39.3 Å². The van der Waals surface area contributed by atoms with Crippen molar-refractivity contribution in [2.24, 2.45) is 0 Å². The van der Waals surface area contributed by atoms with Crippen molar-refractivity contribution in [3.05, 3.63) is 145 Å². The van der Waals surface area contributed by atoms with Gasteiger partial charge in [-0.3, -0.25) is 20.1 Å². The molecule has 2 aromatic carbocycles. The monoisotopic (exact) mass is 716 g/mol. The number of hydrogen-bond acceptors (Lipinski definition) is 11. The van der Waals surface area contributed by atoms with Crippen LogP contribution in [0.2, 0.25) is 0 Å². The summed E-state index contributed by atoms with van der Waals surface area (Å²) in [6.07, 6.45) is 21.3. The van der Waals surface area contributed by atoms with Crippen LogP contribution >= 0.6 is 0 Å². The first kappa shape index (κ1) is 32.5. The van der Waals surface area contributed by atoms with Crippen molar-refractivity contribution in [1.29, 1.82) is 0 Å². The van der Waals surface area contributed by atoms with E-state index in [0.717, 1.165) is 102 Å². The van der Waals surface area contributed by atoms with Crippen molar-refractivity contribution in [3.8, 4) is 0 Å². The third-order valence-corrected chi connectivity index (χ3v) is 10.9. The van der Waals surface area contributed by atoms with Gasteiger partial charge in [-0.25, -0.2) is 20.0 Å². The van der Waals surface area contributed by atoms with Crippen LogP contribution in [0.25, 0.3) is 33.1 Å². The Morgan fingerprint density at radius 2 is 1.72 bits per heavy atom. The third-order valence-electron chi connectivity index (χ3n) is 10.9. The number of hydrazine groups is 1. The number of likely N-dealkylation sites (tertiary alicyclic amines) is 1. The average Bonchev–Trinajstić information content (AvgIpc) is 3.97. The van der Waals surface area contributed by atoms with Gasteiger partial charge in [0.05, 0.1) is 41.9 Å². The Labute approximate surface area is 312 Å². The number of allylic oxidation sites excluding steroid dienone is 2. The number of aromatic nitrogens is 8. The number of aromatic amines is 2. The number of fused-ring (bicyclic) bond motifs is 2. The maximum Gasteiger partial charge on any atom is 0.181 e. The molecule has 2 fully saturated rings. The number of ether oxygens (including phenoxy) is 1. The lowest BCUT2D eigenvalue weighted by Crippen LogP contribution is -2.64. The quantitative estimate of drug-likeness (QED) is 0.202. The number of hydrogen-bond donors (Lipinski definition) is 3. The van der Waals surface area contributed by atoms with E-state index in [1.165, 1.54) is 6.42 Å². The van der Waals surface area contributed by atoms with E-state index in [-0.39, 0.29) is 0 Å². The van der Waals surface area contributed by atoms with Crippen LogP contribution in [0.3, 0.4) is 0 Å². The van der Waals surface area contributed by atoms with Gasteiger partial charge in [0.15, 0.2) is 17.0 Å². The zero-order valence-electron chi connectivity index (χ0n) is 29.8. The van der Waals surface area contributed by atoms with Crippen LogP contribution in [0.5, 0.6) is 0 Å². The van der Waals surface area contributed by atoms with E-state index in [0.29, 0.717) is 17.2 Å². The van der Waals surface area contributed by atoms with Gasteiger partial charge in [-0.2, -0.15) is 5.10 Å². The fourth-order valence-electron chi connectivity index (χ4n) is 8.71. The molecule has 0 amide bonds. The predicted molar refractivity (Wildman–Crippen MR) is 206 cm³/mol. The first-order chi connectivity index (χ1) is 26.8. The Hall–Kier alpha value is -6.18. The van der Waals surface area contributed by atoms with Crippen LogP contribution < -0.4 is 5.32 Å². The van der Waals surface area contributed by atoms with Gasteiger partial charge in [-0.05, 0) is 53.8 Å². The number of nitrogens with zero attached hydrogens (tertiary/aromatic N) is 9. The topological polar surface area (TPSA) is 140 Å². The molecule has 54 heavy (non-hydrogen) atoms. The molecule has 270 valence electrons. The van der Waals surface area contributed by atoms with E-state index in [1.807, 2.05) is 30.7 Å². The van der Waals surface area contributed by atoms with E-state index in [2.05, 4.69) is 95.0 Å². The fraction of sp³-hybridized carbons (Fsp3) is 0.268. The Kier molecular flexibility index (Phi) is 8.22. The number of rotatable bonds is 7. The number of H-pyrrole nitrogens is 2.